The molecule has 0 aliphatic heterocycles. The summed E-state index contributed by atoms with van der Waals surface area (Å²) in [5.41, 5.74) is 1.78. The zero-order chi connectivity index (χ0) is 16.2. The van der Waals surface area contributed by atoms with Gasteiger partial charge in [-0.3, -0.25) is 4.79 Å². The quantitative estimate of drug-likeness (QED) is 0.826. The van der Waals surface area contributed by atoms with Crippen LogP contribution < -0.4 is 4.74 Å². The van der Waals surface area contributed by atoms with E-state index >= 15 is 0 Å². The van der Waals surface area contributed by atoms with Crippen LogP contribution in [0.4, 0.5) is 0 Å². The molecule has 0 radical (unpaired) electrons. The molecule has 1 N–H and O–H groups in total. The van der Waals surface area contributed by atoms with Crippen LogP contribution in [0.5, 0.6) is 11.6 Å². The van der Waals surface area contributed by atoms with E-state index in [-0.39, 0.29) is 11.2 Å². The summed E-state index contributed by atoms with van der Waals surface area (Å²) in [6.07, 6.45) is 2.47. The smallest absolute Gasteiger partial charge is 0.219 e. The molecular weight excluding hydrogens is 278 g/mol. The molecule has 0 bridgehead atoms. The minimum Gasteiger partial charge on any atom is -0.439 e. The maximum Gasteiger partial charge on any atom is 0.219 e. The summed E-state index contributed by atoms with van der Waals surface area (Å²) in [7, 11) is 0. The van der Waals surface area contributed by atoms with E-state index < -0.39 is 6.61 Å². The van der Waals surface area contributed by atoms with Gasteiger partial charge in [0.25, 0.3) is 0 Å². The second kappa shape index (κ2) is 6.71. The number of ketones is 1. The molecule has 0 aliphatic carbocycles. The number of benzene rings is 1. The summed E-state index contributed by atoms with van der Waals surface area (Å²) in [5, 5.41) is 8.80. The Morgan fingerprint density at radius 3 is 2.36 bits per heavy atom. The summed E-state index contributed by atoms with van der Waals surface area (Å²) >= 11 is 0. The summed E-state index contributed by atoms with van der Waals surface area (Å²) in [6.45, 7) is 6.07. The number of pyridine rings is 1. The number of aromatic nitrogens is 1. The van der Waals surface area contributed by atoms with Crippen molar-refractivity contribution in [2.45, 2.75) is 32.6 Å². The molecule has 0 saturated heterocycles. The van der Waals surface area contributed by atoms with Crippen molar-refractivity contribution in [1.82, 2.24) is 4.98 Å². The Hall–Kier alpha value is -2.20. The van der Waals surface area contributed by atoms with Crippen LogP contribution in [0.25, 0.3) is 0 Å². The number of aliphatic hydroxyl groups is 1. The zero-order valence-corrected chi connectivity index (χ0v) is 13.2. The van der Waals surface area contributed by atoms with Gasteiger partial charge in [0.05, 0.1) is 0 Å². The zero-order valence-electron chi connectivity index (χ0n) is 13.2. The van der Waals surface area contributed by atoms with E-state index in [4.69, 9.17) is 9.84 Å². The summed E-state index contributed by atoms with van der Waals surface area (Å²) in [4.78, 5) is 15.4. The molecule has 0 fully saturated rings. The molecule has 22 heavy (non-hydrogen) atoms. The molecule has 116 valence electrons. The SMILES string of the molecule is CCC(C)(C)c1ccc(Oc2ccc(C(=O)CO)cn2)cc1. The molecule has 1 aromatic heterocycles. The third-order valence-corrected chi connectivity index (χ3v) is 3.94. The van der Waals surface area contributed by atoms with E-state index in [0.717, 1.165) is 6.42 Å². The van der Waals surface area contributed by atoms with Crippen molar-refractivity contribution in [2.75, 3.05) is 6.61 Å². The minimum atomic E-state index is -0.517. The fraction of sp³-hybridized carbons (Fsp3) is 0.333. The Kier molecular flexibility index (Phi) is 4.93. The molecule has 0 aliphatic rings. The molecule has 2 aromatic rings. The average Bonchev–Trinajstić information content (AvgIpc) is 2.55. The second-order valence-electron chi connectivity index (χ2n) is 5.83. The van der Waals surface area contributed by atoms with Gasteiger partial charge in [0, 0.05) is 17.8 Å². The number of rotatable bonds is 6. The topological polar surface area (TPSA) is 59.4 Å². The van der Waals surface area contributed by atoms with Crippen LogP contribution in [0.15, 0.2) is 42.6 Å². The van der Waals surface area contributed by atoms with E-state index in [1.54, 1.807) is 12.1 Å². The molecule has 0 amide bonds. The largest absolute Gasteiger partial charge is 0.439 e. The minimum absolute atomic E-state index is 0.142. The second-order valence-corrected chi connectivity index (χ2v) is 5.83. The highest BCUT2D eigenvalue weighted by atomic mass is 16.5. The highest BCUT2D eigenvalue weighted by molar-refractivity contribution is 5.96. The molecule has 0 unspecified atom stereocenters. The first-order chi connectivity index (χ1) is 10.5. The van der Waals surface area contributed by atoms with Gasteiger partial charge in [-0.1, -0.05) is 32.9 Å². The van der Waals surface area contributed by atoms with Crippen molar-refractivity contribution in [3.63, 3.8) is 0 Å². The van der Waals surface area contributed by atoms with Gasteiger partial charge in [-0.2, -0.15) is 0 Å². The Morgan fingerprint density at radius 1 is 1.18 bits per heavy atom. The first-order valence-corrected chi connectivity index (χ1v) is 7.35. The van der Waals surface area contributed by atoms with Crippen molar-refractivity contribution >= 4 is 5.78 Å². The van der Waals surface area contributed by atoms with Crippen LogP contribution in [-0.4, -0.2) is 22.5 Å². The fourth-order valence-electron chi connectivity index (χ4n) is 2.00. The average molecular weight is 299 g/mol. The van der Waals surface area contributed by atoms with Gasteiger partial charge in [-0.25, -0.2) is 4.98 Å². The van der Waals surface area contributed by atoms with Crippen LogP contribution in [0, 0.1) is 0 Å². The number of carbonyl (C=O) groups excluding carboxylic acids is 1. The van der Waals surface area contributed by atoms with Gasteiger partial charge in [0.1, 0.15) is 12.4 Å². The normalized spacial score (nSPS) is 11.3. The number of aliphatic hydroxyl groups excluding tert-OH is 1. The maximum atomic E-state index is 11.3. The summed E-state index contributed by atoms with van der Waals surface area (Å²) in [6, 6.07) is 11.2. The van der Waals surface area contributed by atoms with Gasteiger partial charge in [-0.05, 0) is 35.6 Å². The Balaban J connectivity index is 2.09. The molecule has 1 heterocycles. The Labute approximate surface area is 130 Å². The number of ether oxygens (including phenoxy) is 1. The van der Waals surface area contributed by atoms with E-state index in [0.29, 0.717) is 17.2 Å². The van der Waals surface area contributed by atoms with E-state index in [1.807, 2.05) is 12.1 Å². The molecule has 0 spiro atoms. The maximum absolute atomic E-state index is 11.3. The number of hydrogen-bond donors (Lipinski definition) is 1. The van der Waals surface area contributed by atoms with Crippen molar-refractivity contribution in [1.29, 1.82) is 0 Å². The number of nitrogens with zero attached hydrogens (tertiary/aromatic N) is 1. The van der Waals surface area contributed by atoms with Crippen LogP contribution >= 0.6 is 0 Å². The Morgan fingerprint density at radius 2 is 1.86 bits per heavy atom. The van der Waals surface area contributed by atoms with Crippen LogP contribution in [0.1, 0.15) is 43.1 Å². The lowest BCUT2D eigenvalue weighted by atomic mass is 9.82. The lowest BCUT2D eigenvalue weighted by Crippen LogP contribution is -2.14. The highest BCUT2D eigenvalue weighted by Crippen LogP contribution is 2.29. The lowest BCUT2D eigenvalue weighted by molar-refractivity contribution is 0.0903. The standard InChI is InChI=1S/C18H21NO3/c1-4-18(2,3)14-6-8-15(9-7-14)22-17-10-5-13(11-19-17)16(21)12-20/h5-11,20H,4,12H2,1-3H3. The van der Waals surface area contributed by atoms with Crippen LogP contribution in [-0.2, 0) is 5.41 Å². The third kappa shape index (κ3) is 3.71. The van der Waals surface area contributed by atoms with Gasteiger partial charge in [0.2, 0.25) is 5.88 Å². The lowest BCUT2D eigenvalue weighted by Gasteiger charge is -2.23. The predicted molar refractivity (Wildman–Crippen MR) is 85.5 cm³/mol. The van der Waals surface area contributed by atoms with Crippen LogP contribution in [0.3, 0.4) is 0 Å². The molecule has 2 rings (SSSR count). The van der Waals surface area contributed by atoms with Gasteiger partial charge in [0.15, 0.2) is 5.78 Å². The van der Waals surface area contributed by atoms with Crippen molar-refractivity contribution in [2.24, 2.45) is 0 Å². The van der Waals surface area contributed by atoms with Gasteiger partial charge in [-0.15, -0.1) is 0 Å². The summed E-state index contributed by atoms with van der Waals surface area (Å²) < 4.78 is 5.66. The van der Waals surface area contributed by atoms with Crippen molar-refractivity contribution in [3.05, 3.63) is 53.7 Å². The van der Waals surface area contributed by atoms with Crippen molar-refractivity contribution < 1.29 is 14.6 Å². The van der Waals surface area contributed by atoms with Gasteiger partial charge < -0.3 is 9.84 Å². The molecule has 0 saturated carbocycles. The summed E-state index contributed by atoms with van der Waals surface area (Å²) in [5.74, 6) is 0.756. The molecular formula is C18H21NO3. The third-order valence-electron chi connectivity index (χ3n) is 3.94. The van der Waals surface area contributed by atoms with Gasteiger partial charge >= 0.3 is 0 Å². The predicted octanol–water partition coefficient (Wildman–Crippen LogP) is 3.74. The molecule has 1 aromatic carbocycles. The monoisotopic (exact) mass is 299 g/mol. The molecule has 4 heteroatoms. The highest BCUT2D eigenvalue weighted by Gasteiger charge is 2.17. The van der Waals surface area contributed by atoms with E-state index in [2.05, 4.69) is 37.9 Å². The number of hydrogen-bond acceptors (Lipinski definition) is 4. The number of carbonyl (C=O) groups is 1. The van der Waals surface area contributed by atoms with E-state index in [9.17, 15) is 4.79 Å². The Bertz CT molecular complexity index is 630. The fourth-order valence-corrected chi connectivity index (χ4v) is 2.00. The number of Topliss-reactive ketones (excluding diaryl/α,β-unsaturated/α-hetero) is 1. The molecule has 0 atom stereocenters. The van der Waals surface area contributed by atoms with E-state index in [1.165, 1.54) is 11.8 Å². The van der Waals surface area contributed by atoms with Crippen LogP contribution in [0.2, 0.25) is 0 Å². The first-order valence-electron chi connectivity index (χ1n) is 7.35. The first kappa shape index (κ1) is 16.2. The van der Waals surface area contributed by atoms with Crippen molar-refractivity contribution in [3.8, 4) is 11.6 Å². The molecule has 4 nitrogen and oxygen atoms in total.